The second-order valence-corrected chi connectivity index (χ2v) is 11.8. The quantitative estimate of drug-likeness (QED) is 0.278. The van der Waals surface area contributed by atoms with E-state index in [2.05, 4.69) is 15.4 Å². The van der Waals surface area contributed by atoms with Gasteiger partial charge in [0.25, 0.3) is 5.56 Å². The highest BCUT2D eigenvalue weighted by Crippen LogP contribution is 2.34. The molecule has 258 valence electrons. The number of nitrogens with zero attached hydrogens (tertiary/aromatic N) is 7. The second kappa shape index (κ2) is 13.9. The molecule has 0 saturated carbocycles. The number of hydrogen-bond acceptors (Lipinski definition) is 8. The molecule has 4 aromatic rings. The van der Waals surface area contributed by atoms with Gasteiger partial charge in [-0.05, 0) is 42.7 Å². The number of anilines is 2. The normalized spacial score (nSPS) is 15.3. The molecule has 1 saturated heterocycles. The molecular formula is C32H33ClF3N8O5+. The maximum absolute atomic E-state index is 14.2. The molecule has 0 bridgehead atoms. The minimum absolute atomic E-state index is 0.00137. The third-order valence-electron chi connectivity index (χ3n) is 8.41. The van der Waals surface area contributed by atoms with Crippen molar-refractivity contribution in [1.82, 2.24) is 24.1 Å². The van der Waals surface area contributed by atoms with E-state index in [0.717, 1.165) is 23.8 Å². The van der Waals surface area contributed by atoms with Gasteiger partial charge in [0.15, 0.2) is 5.82 Å². The van der Waals surface area contributed by atoms with Gasteiger partial charge in [0, 0.05) is 43.0 Å². The smallest absolute Gasteiger partial charge is 0.377 e. The molecule has 3 aromatic heterocycles. The van der Waals surface area contributed by atoms with Crippen molar-refractivity contribution in [2.75, 3.05) is 56.7 Å². The summed E-state index contributed by atoms with van der Waals surface area (Å²) in [7, 11) is 1.47. The molecule has 1 aromatic carbocycles. The highest BCUT2D eigenvalue weighted by Gasteiger charge is 2.33. The molecular weight excluding hydrogens is 669 g/mol. The number of rotatable bonds is 8. The van der Waals surface area contributed by atoms with Crippen LogP contribution in [0.2, 0.25) is 5.02 Å². The zero-order chi connectivity index (χ0) is 34.9. The summed E-state index contributed by atoms with van der Waals surface area (Å²) >= 11 is 6.11. The van der Waals surface area contributed by atoms with E-state index in [4.69, 9.17) is 21.2 Å². The number of pyridine rings is 1. The third kappa shape index (κ3) is 6.83. The number of amides is 2. The Kier molecular flexibility index (Phi) is 9.61. The van der Waals surface area contributed by atoms with Crippen molar-refractivity contribution in [2.24, 2.45) is 0 Å². The summed E-state index contributed by atoms with van der Waals surface area (Å²) in [5, 5.41) is 6.86. The van der Waals surface area contributed by atoms with E-state index in [-0.39, 0.29) is 28.9 Å². The van der Waals surface area contributed by atoms with Gasteiger partial charge in [-0.3, -0.25) is 19.2 Å². The van der Waals surface area contributed by atoms with Gasteiger partial charge >= 0.3 is 17.8 Å². The van der Waals surface area contributed by atoms with Crippen LogP contribution in [0, 0.1) is 0 Å². The van der Waals surface area contributed by atoms with Gasteiger partial charge in [0.05, 0.1) is 35.2 Å². The number of fused-ring (bicyclic) bond motifs is 1. The number of halogens is 4. The number of ether oxygens (including phenoxy) is 1. The molecule has 2 amide bonds. The first kappa shape index (κ1) is 33.9. The number of carbonyl (C=O) groups excluding carboxylic acids is 2. The molecule has 0 radical (unpaired) electrons. The molecule has 17 heteroatoms. The van der Waals surface area contributed by atoms with Crippen molar-refractivity contribution in [2.45, 2.75) is 32.5 Å². The number of aromatic nitrogens is 5. The lowest BCUT2D eigenvalue weighted by molar-refractivity contribution is -0.886. The zero-order valence-electron chi connectivity index (χ0n) is 26.7. The lowest BCUT2D eigenvalue weighted by Gasteiger charge is -2.36. The summed E-state index contributed by atoms with van der Waals surface area (Å²) in [6.45, 7) is 3.57. The van der Waals surface area contributed by atoms with Crippen molar-refractivity contribution in [3.63, 3.8) is 0 Å². The molecule has 0 spiro atoms. The minimum atomic E-state index is -4.60. The fourth-order valence-corrected chi connectivity index (χ4v) is 6.20. The van der Waals surface area contributed by atoms with E-state index in [0.29, 0.717) is 75.1 Å². The molecule has 2 aliphatic heterocycles. The van der Waals surface area contributed by atoms with Gasteiger partial charge < -0.3 is 24.4 Å². The molecule has 13 nitrogen and oxygen atoms in total. The topological polar surface area (TPSA) is 127 Å². The Morgan fingerprint density at radius 1 is 1.14 bits per heavy atom. The van der Waals surface area contributed by atoms with Gasteiger partial charge in [-0.25, -0.2) is 0 Å². The van der Waals surface area contributed by atoms with E-state index < -0.39 is 23.2 Å². The van der Waals surface area contributed by atoms with Crippen LogP contribution < -0.4 is 25.3 Å². The average molecular weight is 702 g/mol. The maximum Gasteiger partial charge on any atom is 0.416 e. The fraction of sp³-hybridized carbons (Fsp3) is 0.375. The van der Waals surface area contributed by atoms with Gasteiger partial charge in [-0.1, -0.05) is 24.6 Å². The first-order chi connectivity index (χ1) is 23.5. The van der Waals surface area contributed by atoms with Crippen LogP contribution >= 0.6 is 11.6 Å². The minimum Gasteiger partial charge on any atom is -0.377 e. The number of alkyl halides is 3. The van der Waals surface area contributed by atoms with Crippen LogP contribution in [0.5, 0.6) is 0 Å². The van der Waals surface area contributed by atoms with E-state index >= 15 is 0 Å². The van der Waals surface area contributed by atoms with Gasteiger partial charge in [-0.15, -0.1) is 5.10 Å². The summed E-state index contributed by atoms with van der Waals surface area (Å²) in [6.07, 6.45) is -0.266. The van der Waals surface area contributed by atoms with Crippen molar-refractivity contribution < 1.29 is 37.1 Å². The Morgan fingerprint density at radius 2 is 1.92 bits per heavy atom. The van der Waals surface area contributed by atoms with Crippen molar-refractivity contribution in [1.29, 1.82) is 0 Å². The summed E-state index contributed by atoms with van der Waals surface area (Å²) in [5.41, 5.74) is 0.588. The number of hydrogen-bond donors (Lipinski definition) is 1. The largest absolute Gasteiger partial charge is 0.416 e. The molecule has 0 unspecified atom stereocenters. The Hall–Kier alpha value is -4.96. The molecule has 0 aliphatic carbocycles. The predicted molar refractivity (Wildman–Crippen MR) is 172 cm³/mol. The van der Waals surface area contributed by atoms with E-state index in [1.54, 1.807) is 33.9 Å². The lowest BCUT2D eigenvalue weighted by Crippen LogP contribution is -2.54. The van der Waals surface area contributed by atoms with Crippen molar-refractivity contribution in [3.8, 4) is 0 Å². The Balaban J connectivity index is 1.34. The monoisotopic (exact) mass is 701 g/mol. The van der Waals surface area contributed by atoms with Crippen LogP contribution in [0.3, 0.4) is 0 Å². The number of nitrogens with one attached hydrogen (secondary N) is 1. The molecule has 0 atom stereocenters. The SMILES string of the molecule is CCc1c(N2CCN(C(=O)c3cccc[n+]3OC)CC2)c(=O)n2nc(C3=CCOCC3)nc2n1CC(=O)Nc1ccc(C(F)(F)F)cc1Cl. The lowest BCUT2D eigenvalue weighted by atomic mass is 10.1. The molecule has 2 aliphatic rings. The number of piperazine rings is 1. The summed E-state index contributed by atoms with van der Waals surface area (Å²) in [6, 6.07) is 7.82. The highest BCUT2D eigenvalue weighted by atomic mass is 35.5. The van der Waals surface area contributed by atoms with Crippen LogP contribution in [0.4, 0.5) is 24.5 Å². The summed E-state index contributed by atoms with van der Waals surface area (Å²) in [5.74, 6) is -0.379. The highest BCUT2D eigenvalue weighted by molar-refractivity contribution is 6.33. The average Bonchev–Trinajstić information content (AvgIpc) is 3.56. The molecule has 49 heavy (non-hydrogen) atoms. The second-order valence-electron chi connectivity index (χ2n) is 11.4. The molecule has 5 heterocycles. The van der Waals surface area contributed by atoms with Crippen LogP contribution in [0.15, 0.2) is 53.5 Å². The number of carbonyl (C=O) groups is 2. The first-order valence-corrected chi connectivity index (χ1v) is 15.9. The summed E-state index contributed by atoms with van der Waals surface area (Å²) < 4.78 is 49.1. The van der Waals surface area contributed by atoms with Crippen LogP contribution in [0.25, 0.3) is 11.4 Å². The Morgan fingerprint density at radius 3 is 2.57 bits per heavy atom. The van der Waals surface area contributed by atoms with Gasteiger partial charge in [0.1, 0.15) is 19.3 Å². The van der Waals surface area contributed by atoms with Crippen LogP contribution in [-0.4, -0.2) is 82.4 Å². The van der Waals surface area contributed by atoms with Crippen molar-refractivity contribution >= 4 is 46.1 Å². The van der Waals surface area contributed by atoms with Crippen LogP contribution in [0.1, 0.15) is 40.9 Å². The van der Waals surface area contributed by atoms with Crippen LogP contribution in [-0.2, 0) is 28.7 Å². The van der Waals surface area contributed by atoms with Gasteiger partial charge in [0.2, 0.25) is 17.9 Å². The van der Waals surface area contributed by atoms with Crippen molar-refractivity contribution in [3.05, 3.63) is 86.8 Å². The molecule has 6 rings (SSSR count). The Bertz CT molecular complexity index is 2000. The first-order valence-electron chi connectivity index (χ1n) is 15.6. The number of benzene rings is 1. The predicted octanol–water partition coefficient (Wildman–Crippen LogP) is 2.88. The third-order valence-corrected chi connectivity index (χ3v) is 8.72. The van der Waals surface area contributed by atoms with E-state index in [1.807, 2.05) is 17.9 Å². The molecule has 1 N–H and O–H groups in total. The molecule has 1 fully saturated rings. The van der Waals surface area contributed by atoms with E-state index in [9.17, 15) is 27.6 Å². The standard InChI is InChI=1S/C32H32ClF3N8O5/c1-3-24-27(40-12-14-41(15-13-40)29(46)25-6-4-5-11-43(25)48-2)30(47)44-31(38-28(39-44)20-9-16-49-17-10-20)42(24)19-26(45)37-23-8-7-21(18-22(23)33)32(34,35)36/h4-9,11,18H,3,10,12-17,19H2,1-2H3/p+1. The van der Waals surface area contributed by atoms with E-state index in [1.165, 1.54) is 16.4 Å². The maximum atomic E-state index is 14.2. The fourth-order valence-electron chi connectivity index (χ4n) is 5.97. The Labute approximate surface area is 283 Å². The zero-order valence-corrected chi connectivity index (χ0v) is 27.4. The van der Waals surface area contributed by atoms with Gasteiger partial charge in [-0.2, -0.15) is 22.7 Å². The summed E-state index contributed by atoms with van der Waals surface area (Å²) in [4.78, 5) is 54.5.